The molecule has 3 heterocycles. The van der Waals surface area contributed by atoms with Gasteiger partial charge in [0.1, 0.15) is 0 Å². The minimum absolute atomic E-state index is 0.0485. The van der Waals surface area contributed by atoms with Gasteiger partial charge in [-0.25, -0.2) is 4.98 Å². The van der Waals surface area contributed by atoms with Crippen molar-refractivity contribution in [1.82, 2.24) is 30.7 Å². The first-order valence-electron chi connectivity index (χ1n) is 10.3. The molecule has 1 saturated carbocycles. The second-order valence-electron chi connectivity index (χ2n) is 8.06. The van der Waals surface area contributed by atoms with Gasteiger partial charge in [-0.3, -0.25) is 19.6 Å². The first kappa shape index (κ1) is 19.6. The molecule has 2 aromatic heterocycles. The van der Waals surface area contributed by atoms with Crippen LogP contribution in [0.3, 0.4) is 0 Å². The van der Waals surface area contributed by atoms with Gasteiger partial charge in [-0.2, -0.15) is 5.10 Å². The summed E-state index contributed by atoms with van der Waals surface area (Å²) in [5.41, 5.74) is 1.48. The van der Waals surface area contributed by atoms with E-state index >= 15 is 0 Å². The van der Waals surface area contributed by atoms with Crippen molar-refractivity contribution in [2.45, 2.75) is 57.7 Å². The lowest BCUT2D eigenvalue weighted by molar-refractivity contribution is -0.122. The molecule has 0 aromatic carbocycles. The summed E-state index contributed by atoms with van der Waals surface area (Å²) in [6.07, 6.45) is 7.89. The average molecular weight is 400 g/mol. The molecule has 2 fully saturated rings. The number of nitrogens with zero attached hydrogens (tertiary/aromatic N) is 3. The Hall–Kier alpha value is -2.68. The molecule has 9 nitrogen and oxygen atoms in total. The Morgan fingerprint density at radius 1 is 1.24 bits per heavy atom. The zero-order valence-electron chi connectivity index (χ0n) is 16.7. The molecule has 0 bridgehead atoms. The van der Waals surface area contributed by atoms with Crippen LogP contribution < -0.4 is 10.6 Å². The number of aryl methyl sites for hydroxylation is 1. The van der Waals surface area contributed by atoms with Crippen molar-refractivity contribution in [1.29, 1.82) is 0 Å². The van der Waals surface area contributed by atoms with Gasteiger partial charge in [0.2, 0.25) is 11.7 Å². The van der Waals surface area contributed by atoms with Crippen molar-refractivity contribution < 1.29 is 14.0 Å². The predicted molar refractivity (Wildman–Crippen MR) is 105 cm³/mol. The van der Waals surface area contributed by atoms with E-state index in [1.807, 2.05) is 6.07 Å². The summed E-state index contributed by atoms with van der Waals surface area (Å²) in [4.78, 5) is 31.2. The lowest BCUT2D eigenvalue weighted by Gasteiger charge is -2.30. The maximum Gasteiger partial charge on any atom is 0.289 e. The van der Waals surface area contributed by atoms with Gasteiger partial charge >= 0.3 is 0 Å². The number of carbonyl (C=O) groups is 2. The lowest BCUT2D eigenvalue weighted by Crippen LogP contribution is -2.45. The van der Waals surface area contributed by atoms with E-state index in [4.69, 9.17) is 4.42 Å². The fourth-order valence-corrected chi connectivity index (χ4v) is 4.02. The number of hydrogen-bond acceptors (Lipinski definition) is 6. The van der Waals surface area contributed by atoms with Crippen molar-refractivity contribution in [3.8, 4) is 0 Å². The first-order valence-corrected chi connectivity index (χ1v) is 10.3. The number of rotatable bonds is 9. The summed E-state index contributed by atoms with van der Waals surface area (Å²) in [6, 6.07) is 2.31. The standard InChI is InChI=1S/C20H28N6O3/c1-13-19(29-12-23-13)20(28)22-10-17-5-4-16(26(17)11-14-2-3-14)8-18(27)21-9-15-6-7-24-25-15/h6-7,12,14,16-17H,2-5,8-11H2,1H3,(H,21,27)(H,22,28)(H,24,25)/t16-,17+/m1/s1. The van der Waals surface area contributed by atoms with E-state index in [1.54, 1.807) is 13.1 Å². The van der Waals surface area contributed by atoms with E-state index in [0.29, 0.717) is 25.2 Å². The topological polar surface area (TPSA) is 116 Å². The summed E-state index contributed by atoms with van der Waals surface area (Å²) >= 11 is 0. The van der Waals surface area contributed by atoms with E-state index in [-0.39, 0.29) is 29.7 Å². The second-order valence-corrected chi connectivity index (χ2v) is 8.06. The minimum atomic E-state index is -0.230. The number of H-pyrrole nitrogens is 1. The molecule has 0 radical (unpaired) electrons. The Labute approximate surface area is 169 Å². The van der Waals surface area contributed by atoms with Gasteiger partial charge < -0.3 is 15.1 Å². The molecule has 1 aliphatic carbocycles. The van der Waals surface area contributed by atoms with E-state index in [9.17, 15) is 9.59 Å². The van der Waals surface area contributed by atoms with Crippen molar-refractivity contribution in [3.63, 3.8) is 0 Å². The highest BCUT2D eigenvalue weighted by Gasteiger charge is 2.38. The molecular weight excluding hydrogens is 372 g/mol. The maximum absolute atomic E-state index is 12.4. The molecule has 2 aliphatic rings. The molecule has 0 spiro atoms. The molecular formula is C20H28N6O3. The van der Waals surface area contributed by atoms with Crippen LogP contribution in [0, 0.1) is 12.8 Å². The third-order valence-corrected chi connectivity index (χ3v) is 5.84. The zero-order valence-corrected chi connectivity index (χ0v) is 16.7. The fourth-order valence-electron chi connectivity index (χ4n) is 4.02. The van der Waals surface area contributed by atoms with Crippen LogP contribution in [0.5, 0.6) is 0 Å². The van der Waals surface area contributed by atoms with Gasteiger partial charge in [0, 0.05) is 37.8 Å². The molecule has 0 unspecified atom stereocenters. The number of aromatic nitrogens is 3. The molecule has 2 aromatic rings. The summed E-state index contributed by atoms with van der Waals surface area (Å²) in [7, 11) is 0. The maximum atomic E-state index is 12.4. The third-order valence-electron chi connectivity index (χ3n) is 5.84. The highest BCUT2D eigenvalue weighted by atomic mass is 16.3. The molecule has 1 saturated heterocycles. The zero-order chi connectivity index (χ0) is 20.2. The number of carbonyl (C=O) groups excluding carboxylic acids is 2. The lowest BCUT2D eigenvalue weighted by atomic mass is 10.1. The van der Waals surface area contributed by atoms with Crippen molar-refractivity contribution >= 4 is 11.8 Å². The Morgan fingerprint density at radius 3 is 2.76 bits per heavy atom. The number of likely N-dealkylation sites (tertiary alicyclic amines) is 1. The van der Waals surface area contributed by atoms with Crippen LogP contribution in [-0.4, -0.2) is 57.1 Å². The van der Waals surface area contributed by atoms with Crippen molar-refractivity contribution in [2.24, 2.45) is 5.92 Å². The number of amides is 2. The molecule has 4 rings (SSSR count). The van der Waals surface area contributed by atoms with Crippen LogP contribution in [0.15, 0.2) is 23.1 Å². The highest BCUT2D eigenvalue weighted by Crippen LogP contribution is 2.35. The SMILES string of the molecule is Cc1ncoc1C(=O)NC[C@@H]1CC[C@H](CC(=O)NCc2ccn[nH]2)N1CC1CC1. The van der Waals surface area contributed by atoms with Crippen LogP contribution >= 0.6 is 0 Å². The molecule has 2 atom stereocenters. The van der Waals surface area contributed by atoms with Gasteiger partial charge in [0.05, 0.1) is 17.9 Å². The Bertz CT molecular complexity index is 829. The third kappa shape index (κ3) is 5.03. The van der Waals surface area contributed by atoms with Crippen molar-refractivity contribution in [3.05, 3.63) is 35.8 Å². The summed E-state index contributed by atoms with van der Waals surface area (Å²) in [5.74, 6) is 0.810. The van der Waals surface area contributed by atoms with Crippen molar-refractivity contribution in [2.75, 3.05) is 13.1 Å². The van der Waals surface area contributed by atoms with E-state index in [1.165, 1.54) is 19.2 Å². The fraction of sp³-hybridized carbons (Fsp3) is 0.600. The Morgan fingerprint density at radius 2 is 2.07 bits per heavy atom. The summed E-state index contributed by atoms with van der Waals surface area (Å²) in [5, 5.41) is 12.7. The Kier molecular flexibility index (Phi) is 5.94. The second kappa shape index (κ2) is 8.77. The number of nitrogens with one attached hydrogen (secondary N) is 3. The van der Waals surface area contributed by atoms with Gasteiger partial charge in [0.15, 0.2) is 6.39 Å². The molecule has 29 heavy (non-hydrogen) atoms. The summed E-state index contributed by atoms with van der Waals surface area (Å²) < 4.78 is 5.18. The monoisotopic (exact) mass is 400 g/mol. The largest absolute Gasteiger partial charge is 0.438 e. The van der Waals surface area contributed by atoms with Crippen LogP contribution in [0.1, 0.15) is 54.0 Å². The quantitative estimate of drug-likeness (QED) is 0.586. The number of oxazole rings is 1. The molecule has 156 valence electrons. The van der Waals surface area contributed by atoms with Gasteiger partial charge in [-0.15, -0.1) is 0 Å². The molecule has 3 N–H and O–H groups in total. The van der Waals surface area contributed by atoms with Gasteiger partial charge in [0.25, 0.3) is 5.91 Å². The van der Waals surface area contributed by atoms with E-state index in [0.717, 1.165) is 31.0 Å². The molecule has 9 heteroatoms. The van der Waals surface area contributed by atoms with Gasteiger partial charge in [-0.1, -0.05) is 0 Å². The van der Waals surface area contributed by atoms with E-state index in [2.05, 4.69) is 30.7 Å². The average Bonchev–Trinajstić information content (AvgIpc) is 3.07. The smallest absolute Gasteiger partial charge is 0.289 e. The van der Waals surface area contributed by atoms with E-state index < -0.39 is 0 Å². The minimum Gasteiger partial charge on any atom is -0.438 e. The Balaban J connectivity index is 1.30. The van der Waals surface area contributed by atoms with Crippen LogP contribution in [0.25, 0.3) is 0 Å². The predicted octanol–water partition coefficient (Wildman–Crippen LogP) is 1.39. The number of hydrogen-bond donors (Lipinski definition) is 3. The summed E-state index contributed by atoms with van der Waals surface area (Å²) in [6.45, 7) is 3.77. The van der Waals surface area contributed by atoms with Crippen LogP contribution in [-0.2, 0) is 11.3 Å². The number of aromatic amines is 1. The van der Waals surface area contributed by atoms with Gasteiger partial charge in [-0.05, 0) is 44.6 Å². The first-order chi connectivity index (χ1) is 14.1. The van der Waals surface area contributed by atoms with Crippen LogP contribution in [0.2, 0.25) is 0 Å². The molecule has 2 amide bonds. The highest BCUT2D eigenvalue weighted by molar-refractivity contribution is 5.92. The van der Waals surface area contributed by atoms with Crippen LogP contribution in [0.4, 0.5) is 0 Å². The molecule has 1 aliphatic heterocycles. The normalized spacial score (nSPS) is 22.0.